The molecule has 16 heavy (non-hydrogen) atoms. The van der Waals surface area contributed by atoms with Crippen LogP contribution in [-0.2, 0) is 0 Å². The third-order valence-electron chi connectivity index (χ3n) is 4.16. The number of aliphatic hydroxyl groups excluding tert-OH is 1. The Hall–Kier alpha value is -0.120. The Bertz CT molecular complexity index is 214. The normalized spacial score (nSPS) is 32.1. The van der Waals surface area contributed by atoms with Crippen LogP contribution >= 0.6 is 0 Å². The van der Waals surface area contributed by atoms with Crippen molar-refractivity contribution in [2.45, 2.75) is 57.7 Å². The van der Waals surface area contributed by atoms with Gasteiger partial charge in [-0.1, -0.05) is 0 Å². The van der Waals surface area contributed by atoms with E-state index < -0.39 is 0 Å². The molecule has 3 unspecified atom stereocenters. The molecular weight excluding hydrogens is 200 g/mol. The van der Waals surface area contributed by atoms with Gasteiger partial charge in [-0.2, -0.15) is 0 Å². The van der Waals surface area contributed by atoms with Crippen molar-refractivity contribution in [3.63, 3.8) is 0 Å². The molecule has 2 fully saturated rings. The van der Waals surface area contributed by atoms with Crippen LogP contribution in [0, 0.1) is 0 Å². The van der Waals surface area contributed by atoms with Crippen molar-refractivity contribution in [3.8, 4) is 0 Å². The largest absolute Gasteiger partial charge is 0.393 e. The van der Waals surface area contributed by atoms with E-state index >= 15 is 0 Å². The van der Waals surface area contributed by atoms with Crippen LogP contribution in [0.5, 0.6) is 0 Å². The van der Waals surface area contributed by atoms with Crippen molar-refractivity contribution >= 4 is 0 Å². The second-order valence-corrected chi connectivity index (χ2v) is 5.61. The summed E-state index contributed by atoms with van der Waals surface area (Å²) in [4.78, 5) is 5.21. The zero-order valence-electron chi connectivity index (χ0n) is 10.7. The number of nitrogens with zero attached hydrogens (tertiary/aromatic N) is 2. The smallest absolute Gasteiger partial charge is 0.0526 e. The van der Waals surface area contributed by atoms with Crippen LogP contribution in [-0.4, -0.2) is 59.3 Å². The van der Waals surface area contributed by atoms with E-state index in [1.807, 2.05) is 6.92 Å². The molecule has 0 radical (unpaired) electrons. The Morgan fingerprint density at radius 1 is 1.19 bits per heavy atom. The van der Waals surface area contributed by atoms with Gasteiger partial charge in [0.15, 0.2) is 0 Å². The van der Waals surface area contributed by atoms with Gasteiger partial charge in [0.2, 0.25) is 0 Å². The monoisotopic (exact) mass is 226 g/mol. The lowest BCUT2D eigenvalue weighted by atomic mass is 10.1. The molecule has 0 bridgehead atoms. The first-order chi connectivity index (χ1) is 7.66. The molecule has 3 heteroatoms. The molecule has 0 aromatic carbocycles. The predicted octanol–water partition coefficient (Wildman–Crippen LogP) is 1.32. The molecule has 3 nitrogen and oxygen atoms in total. The quantitative estimate of drug-likeness (QED) is 0.783. The Morgan fingerprint density at radius 2 is 1.88 bits per heavy atom. The van der Waals surface area contributed by atoms with Crippen LogP contribution in [0.4, 0.5) is 0 Å². The van der Waals surface area contributed by atoms with Crippen LogP contribution < -0.4 is 0 Å². The summed E-state index contributed by atoms with van der Waals surface area (Å²) in [5.74, 6) is 0. The van der Waals surface area contributed by atoms with E-state index in [0.717, 1.165) is 12.5 Å². The molecule has 0 aromatic heterocycles. The maximum atomic E-state index is 9.42. The first-order valence-corrected chi connectivity index (χ1v) is 6.83. The number of hydrogen-bond acceptors (Lipinski definition) is 3. The van der Waals surface area contributed by atoms with Crippen LogP contribution in [0.1, 0.15) is 39.5 Å². The Morgan fingerprint density at radius 3 is 2.50 bits per heavy atom. The first-order valence-electron chi connectivity index (χ1n) is 6.83. The Kier molecular flexibility index (Phi) is 4.22. The summed E-state index contributed by atoms with van der Waals surface area (Å²) < 4.78 is 0. The summed E-state index contributed by atoms with van der Waals surface area (Å²) in [6.07, 6.45) is 4.84. The van der Waals surface area contributed by atoms with E-state index in [0.29, 0.717) is 6.04 Å². The minimum absolute atomic E-state index is 0.166. The van der Waals surface area contributed by atoms with Crippen molar-refractivity contribution in [1.82, 2.24) is 9.80 Å². The Balaban J connectivity index is 1.78. The summed E-state index contributed by atoms with van der Waals surface area (Å²) in [7, 11) is 0. The fourth-order valence-electron chi connectivity index (χ4n) is 3.22. The van der Waals surface area contributed by atoms with Crippen molar-refractivity contribution in [2.75, 3.05) is 26.2 Å². The number of hydrogen-bond donors (Lipinski definition) is 1. The highest BCUT2D eigenvalue weighted by Crippen LogP contribution is 2.22. The lowest BCUT2D eigenvalue weighted by molar-refractivity contribution is 0.127. The SMILES string of the molecule is CC(O)CC(C)N1CCC(N2CCCC2)C1. The molecule has 0 amide bonds. The summed E-state index contributed by atoms with van der Waals surface area (Å²) in [6.45, 7) is 9.19. The molecule has 0 aromatic rings. The van der Waals surface area contributed by atoms with Gasteiger partial charge in [0, 0.05) is 25.2 Å². The van der Waals surface area contributed by atoms with E-state index in [4.69, 9.17) is 0 Å². The zero-order chi connectivity index (χ0) is 11.5. The molecular formula is C13H26N2O. The maximum absolute atomic E-state index is 9.42. The lowest BCUT2D eigenvalue weighted by Gasteiger charge is -2.27. The van der Waals surface area contributed by atoms with Crippen LogP contribution in [0.25, 0.3) is 0 Å². The number of likely N-dealkylation sites (tertiary alicyclic amines) is 2. The first kappa shape index (κ1) is 12.3. The van der Waals surface area contributed by atoms with Gasteiger partial charge in [0.05, 0.1) is 6.10 Å². The minimum atomic E-state index is -0.166. The topological polar surface area (TPSA) is 26.7 Å². The highest BCUT2D eigenvalue weighted by molar-refractivity contribution is 4.87. The second kappa shape index (κ2) is 5.48. The molecule has 2 aliphatic heterocycles. The van der Waals surface area contributed by atoms with Gasteiger partial charge in [0.25, 0.3) is 0 Å². The van der Waals surface area contributed by atoms with Gasteiger partial charge < -0.3 is 5.11 Å². The summed E-state index contributed by atoms with van der Waals surface area (Å²) >= 11 is 0. The van der Waals surface area contributed by atoms with Gasteiger partial charge in [-0.05, 0) is 52.6 Å². The highest BCUT2D eigenvalue weighted by Gasteiger charge is 2.31. The van der Waals surface area contributed by atoms with Gasteiger partial charge in [-0.3, -0.25) is 9.80 Å². The van der Waals surface area contributed by atoms with Crippen LogP contribution in [0.3, 0.4) is 0 Å². The van der Waals surface area contributed by atoms with Crippen LogP contribution in [0.2, 0.25) is 0 Å². The molecule has 2 saturated heterocycles. The maximum Gasteiger partial charge on any atom is 0.0526 e. The molecule has 0 spiro atoms. The third-order valence-corrected chi connectivity index (χ3v) is 4.16. The lowest BCUT2D eigenvalue weighted by Crippen LogP contribution is -2.38. The van der Waals surface area contributed by atoms with Gasteiger partial charge in [-0.25, -0.2) is 0 Å². The molecule has 2 aliphatic rings. The summed E-state index contributed by atoms with van der Waals surface area (Å²) in [5.41, 5.74) is 0. The predicted molar refractivity (Wildman–Crippen MR) is 66.5 cm³/mol. The number of rotatable bonds is 4. The highest BCUT2D eigenvalue weighted by atomic mass is 16.3. The number of aliphatic hydroxyl groups is 1. The summed E-state index contributed by atoms with van der Waals surface area (Å²) in [6, 6.07) is 1.33. The van der Waals surface area contributed by atoms with Crippen molar-refractivity contribution in [1.29, 1.82) is 0 Å². The van der Waals surface area contributed by atoms with Crippen LogP contribution in [0.15, 0.2) is 0 Å². The van der Waals surface area contributed by atoms with E-state index in [9.17, 15) is 5.11 Å². The molecule has 2 heterocycles. The van der Waals surface area contributed by atoms with E-state index in [2.05, 4.69) is 16.7 Å². The second-order valence-electron chi connectivity index (χ2n) is 5.61. The van der Waals surface area contributed by atoms with Crippen molar-refractivity contribution < 1.29 is 5.11 Å². The van der Waals surface area contributed by atoms with E-state index in [1.54, 1.807) is 0 Å². The fourth-order valence-corrected chi connectivity index (χ4v) is 3.22. The molecule has 1 N–H and O–H groups in total. The fraction of sp³-hybridized carbons (Fsp3) is 1.00. The zero-order valence-corrected chi connectivity index (χ0v) is 10.7. The van der Waals surface area contributed by atoms with Gasteiger partial charge in [-0.15, -0.1) is 0 Å². The average Bonchev–Trinajstić information content (AvgIpc) is 2.87. The molecule has 2 rings (SSSR count). The van der Waals surface area contributed by atoms with Crippen molar-refractivity contribution in [3.05, 3.63) is 0 Å². The molecule has 0 aliphatic carbocycles. The van der Waals surface area contributed by atoms with Gasteiger partial charge >= 0.3 is 0 Å². The minimum Gasteiger partial charge on any atom is -0.393 e. The van der Waals surface area contributed by atoms with E-state index in [-0.39, 0.29) is 6.10 Å². The Labute approximate surface area is 99.4 Å². The molecule has 0 saturated carbocycles. The standard InChI is InChI=1S/C13H26N2O/c1-11(9-12(2)16)15-8-5-13(10-15)14-6-3-4-7-14/h11-13,16H,3-10H2,1-2H3. The van der Waals surface area contributed by atoms with E-state index in [1.165, 1.54) is 45.4 Å². The summed E-state index contributed by atoms with van der Waals surface area (Å²) in [5, 5.41) is 9.42. The molecule has 3 atom stereocenters. The van der Waals surface area contributed by atoms with Gasteiger partial charge in [0.1, 0.15) is 0 Å². The molecule has 94 valence electrons. The third kappa shape index (κ3) is 2.96. The average molecular weight is 226 g/mol. The van der Waals surface area contributed by atoms with Crippen molar-refractivity contribution in [2.24, 2.45) is 0 Å².